The molecule has 0 atom stereocenters. The van der Waals surface area contributed by atoms with Gasteiger partial charge < -0.3 is 5.32 Å². The molecule has 0 amide bonds. The largest absolute Gasteiger partial charge is 0.317 e. The first kappa shape index (κ1) is 11.6. The predicted molar refractivity (Wildman–Crippen MR) is 79.9 cm³/mol. The lowest BCUT2D eigenvalue weighted by atomic mass is 9.68. The number of hydrogen-bond acceptors (Lipinski definition) is 2. The van der Waals surface area contributed by atoms with E-state index in [1.54, 1.807) is 11.1 Å². The summed E-state index contributed by atoms with van der Waals surface area (Å²) in [6, 6.07) is 17.9. The zero-order valence-electron chi connectivity index (χ0n) is 10.9. The van der Waals surface area contributed by atoms with Crippen molar-refractivity contribution in [2.75, 3.05) is 13.1 Å². The van der Waals surface area contributed by atoms with E-state index in [0.29, 0.717) is 0 Å². The minimum absolute atomic E-state index is 0.240. The van der Waals surface area contributed by atoms with E-state index in [2.05, 4.69) is 53.8 Å². The third-order valence-corrected chi connectivity index (χ3v) is 5.63. The molecule has 0 aliphatic carbocycles. The summed E-state index contributed by atoms with van der Waals surface area (Å²) in [5, 5.41) is 3.51. The van der Waals surface area contributed by atoms with E-state index in [1.807, 2.05) is 11.8 Å². The second-order valence-corrected chi connectivity index (χ2v) is 6.51. The third kappa shape index (κ3) is 1.67. The van der Waals surface area contributed by atoms with Gasteiger partial charge in [-0.1, -0.05) is 48.2 Å². The molecule has 2 aliphatic rings. The van der Waals surface area contributed by atoms with E-state index < -0.39 is 0 Å². The third-order valence-electron chi connectivity index (χ3n) is 4.48. The number of nitrogens with one attached hydrogen (secondary N) is 1. The van der Waals surface area contributed by atoms with Crippen molar-refractivity contribution in [1.29, 1.82) is 0 Å². The van der Waals surface area contributed by atoms with Gasteiger partial charge in [-0.2, -0.15) is 0 Å². The van der Waals surface area contributed by atoms with Crippen LogP contribution >= 0.6 is 11.8 Å². The van der Waals surface area contributed by atoms with Gasteiger partial charge in [0.2, 0.25) is 0 Å². The highest BCUT2D eigenvalue weighted by Gasteiger charge is 2.41. The van der Waals surface area contributed by atoms with E-state index in [9.17, 15) is 0 Å². The fourth-order valence-electron chi connectivity index (χ4n) is 3.56. The molecule has 2 aliphatic heterocycles. The van der Waals surface area contributed by atoms with Gasteiger partial charge >= 0.3 is 0 Å². The summed E-state index contributed by atoms with van der Waals surface area (Å²) in [5.41, 5.74) is 3.32. The number of piperidine rings is 1. The second-order valence-electron chi connectivity index (χ2n) is 5.43. The summed E-state index contributed by atoms with van der Waals surface area (Å²) in [6.07, 6.45) is 2.42. The van der Waals surface area contributed by atoms with Gasteiger partial charge in [-0.05, 0) is 49.2 Å². The van der Waals surface area contributed by atoms with E-state index >= 15 is 0 Å². The molecule has 4 rings (SSSR count). The summed E-state index contributed by atoms with van der Waals surface area (Å²) in [7, 11) is 0. The zero-order chi connectivity index (χ0) is 12.7. The van der Waals surface area contributed by atoms with Crippen LogP contribution in [0.1, 0.15) is 24.0 Å². The minimum Gasteiger partial charge on any atom is -0.317 e. The molecule has 2 heterocycles. The Labute approximate surface area is 118 Å². The van der Waals surface area contributed by atoms with Crippen LogP contribution in [0.15, 0.2) is 58.3 Å². The van der Waals surface area contributed by atoms with Gasteiger partial charge in [0, 0.05) is 15.2 Å². The maximum Gasteiger partial charge on any atom is 0.0249 e. The lowest BCUT2D eigenvalue weighted by Crippen LogP contribution is -2.42. The average Bonchev–Trinajstić information content (AvgIpc) is 2.49. The zero-order valence-corrected chi connectivity index (χ0v) is 11.7. The van der Waals surface area contributed by atoms with Crippen molar-refractivity contribution < 1.29 is 0 Å². The molecule has 0 radical (unpaired) electrons. The molecule has 2 heteroatoms. The number of benzene rings is 2. The number of hydrogen-bond donors (Lipinski definition) is 1. The molecule has 19 heavy (non-hydrogen) atoms. The van der Waals surface area contributed by atoms with Crippen LogP contribution in [0, 0.1) is 0 Å². The topological polar surface area (TPSA) is 12.0 Å². The molecule has 0 unspecified atom stereocenters. The van der Waals surface area contributed by atoms with Crippen LogP contribution < -0.4 is 5.32 Å². The molecule has 2 aromatic carbocycles. The van der Waals surface area contributed by atoms with Gasteiger partial charge in [0.05, 0.1) is 0 Å². The first-order chi connectivity index (χ1) is 9.40. The van der Waals surface area contributed by atoms with Crippen molar-refractivity contribution >= 4 is 11.8 Å². The van der Waals surface area contributed by atoms with E-state index in [0.717, 1.165) is 13.1 Å². The minimum atomic E-state index is 0.240. The Morgan fingerprint density at radius 1 is 0.789 bits per heavy atom. The molecule has 0 saturated carbocycles. The molecule has 1 nitrogen and oxygen atoms in total. The van der Waals surface area contributed by atoms with Crippen LogP contribution in [0.25, 0.3) is 0 Å². The molecule has 0 aromatic heterocycles. The lowest BCUT2D eigenvalue weighted by molar-refractivity contribution is 0.351. The van der Waals surface area contributed by atoms with Crippen molar-refractivity contribution in [2.45, 2.75) is 28.0 Å². The maximum atomic E-state index is 3.51. The molecule has 1 N–H and O–H groups in total. The summed E-state index contributed by atoms with van der Waals surface area (Å²) < 4.78 is 0. The SMILES string of the molecule is c1ccc2c(c1)Sc1ccccc1C21CCNCC1. The standard InChI is InChI=1S/C17H17NS/c1-3-7-15-13(5-1)17(9-11-18-12-10-17)14-6-2-4-8-16(14)19-15/h1-8,18H,9-12H2. The van der Waals surface area contributed by atoms with Crippen molar-refractivity contribution in [3.05, 3.63) is 59.7 Å². The van der Waals surface area contributed by atoms with Gasteiger partial charge in [0.25, 0.3) is 0 Å². The van der Waals surface area contributed by atoms with Gasteiger partial charge in [0.1, 0.15) is 0 Å². The summed E-state index contributed by atoms with van der Waals surface area (Å²) in [4.78, 5) is 2.89. The van der Waals surface area contributed by atoms with Crippen LogP contribution in [-0.4, -0.2) is 13.1 Å². The van der Waals surface area contributed by atoms with Crippen molar-refractivity contribution in [2.24, 2.45) is 0 Å². The van der Waals surface area contributed by atoms with E-state index in [-0.39, 0.29) is 5.41 Å². The highest BCUT2D eigenvalue weighted by Crippen LogP contribution is 2.52. The molecule has 1 fully saturated rings. The van der Waals surface area contributed by atoms with Crippen LogP contribution in [0.2, 0.25) is 0 Å². The van der Waals surface area contributed by atoms with Crippen molar-refractivity contribution in [3.8, 4) is 0 Å². The lowest BCUT2D eigenvalue weighted by Gasteiger charge is -2.43. The summed E-state index contributed by atoms with van der Waals surface area (Å²) in [5.74, 6) is 0. The molecule has 0 bridgehead atoms. The van der Waals surface area contributed by atoms with Crippen molar-refractivity contribution in [3.63, 3.8) is 0 Å². The first-order valence-electron chi connectivity index (χ1n) is 6.98. The maximum absolute atomic E-state index is 3.51. The van der Waals surface area contributed by atoms with Crippen LogP contribution in [-0.2, 0) is 5.41 Å². The highest BCUT2D eigenvalue weighted by molar-refractivity contribution is 7.99. The molecule has 2 aromatic rings. The van der Waals surface area contributed by atoms with Gasteiger partial charge in [-0.15, -0.1) is 0 Å². The highest BCUT2D eigenvalue weighted by atomic mass is 32.2. The Balaban J connectivity index is 1.98. The second kappa shape index (κ2) is 4.39. The van der Waals surface area contributed by atoms with Crippen LogP contribution in [0.4, 0.5) is 0 Å². The van der Waals surface area contributed by atoms with Gasteiger partial charge in [-0.3, -0.25) is 0 Å². The molecule has 96 valence electrons. The number of rotatable bonds is 0. The Bertz CT molecular complexity index is 567. The fourth-order valence-corrected chi connectivity index (χ4v) is 4.83. The first-order valence-corrected chi connectivity index (χ1v) is 7.79. The predicted octanol–water partition coefficient (Wildman–Crippen LogP) is 3.82. The Hall–Kier alpha value is -1.25. The molecule has 1 saturated heterocycles. The van der Waals surface area contributed by atoms with Crippen LogP contribution in [0.5, 0.6) is 0 Å². The summed E-state index contributed by atoms with van der Waals surface area (Å²) >= 11 is 1.93. The van der Waals surface area contributed by atoms with Crippen molar-refractivity contribution in [1.82, 2.24) is 5.32 Å². The monoisotopic (exact) mass is 267 g/mol. The Morgan fingerprint density at radius 3 is 1.89 bits per heavy atom. The van der Waals surface area contributed by atoms with E-state index in [4.69, 9.17) is 0 Å². The number of fused-ring (bicyclic) bond motifs is 4. The molecule has 1 spiro atoms. The van der Waals surface area contributed by atoms with Gasteiger partial charge in [-0.25, -0.2) is 0 Å². The quantitative estimate of drug-likeness (QED) is 0.778. The molecular formula is C17H17NS. The smallest absolute Gasteiger partial charge is 0.0249 e. The van der Waals surface area contributed by atoms with E-state index in [1.165, 1.54) is 22.6 Å². The fraction of sp³-hybridized carbons (Fsp3) is 0.294. The Kier molecular flexibility index (Phi) is 2.68. The average molecular weight is 267 g/mol. The molecular weight excluding hydrogens is 250 g/mol. The van der Waals surface area contributed by atoms with Gasteiger partial charge in [0.15, 0.2) is 0 Å². The Morgan fingerprint density at radius 2 is 1.32 bits per heavy atom. The van der Waals surface area contributed by atoms with Crippen LogP contribution in [0.3, 0.4) is 0 Å². The summed E-state index contributed by atoms with van der Waals surface area (Å²) in [6.45, 7) is 2.24. The normalized spacial score (nSPS) is 19.8.